The van der Waals surface area contributed by atoms with Gasteiger partial charge >= 0.3 is 6.18 Å². The van der Waals surface area contributed by atoms with Crippen molar-refractivity contribution >= 4 is 0 Å². The highest BCUT2D eigenvalue weighted by Gasteiger charge is 2.40. The van der Waals surface area contributed by atoms with Gasteiger partial charge in [-0.3, -0.25) is 4.90 Å². The summed E-state index contributed by atoms with van der Waals surface area (Å²) in [6, 6.07) is 6.41. The fourth-order valence-electron chi connectivity index (χ4n) is 2.26. The van der Waals surface area contributed by atoms with Crippen LogP contribution in [0, 0.1) is 0 Å². The summed E-state index contributed by atoms with van der Waals surface area (Å²) in [5, 5.41) is 0. The molecule has 1 nitrogen and oxygen atoms in total. The number of benzene rings is 1. The maximum Gasteiger partial charge on any atom is 0.403 e. The fourth-order valence-corrected chi connectivity index (χ4v) is 2.26. The van der Waals surface area contributed by atoms with Crippen LogP contribution in [0.5, 0.6) is 0 Å². The third-order valence-corrected chi connectivity index (χ3v) is 3.40. The van der Waals surface area contributed by atoms with E-state index in [1.807, 2.05) is 24.3 Å². The maximum atomic E-state index is 12.7. The number of hydrogen-bond acceptors (Lipinski definition) is 1. The van der Waals surface area contributed by atoms with Gasteiger partial charge in [0.1, 0.15) is 6.04 Å². The minimum absolute atomic E-state index is 0.400. The molecule has 0 saturated heterocycles. The second-order valence-corrected chi connectivity index (χ2v) is 4.56. The van der Waals surface area contributed by atoms with Crippen LogP contribution in [0.15, 0.2) is 24.3 Å². The van der Waals surface area contributed by atoms with E-state index >= 15 is 0 Å². The van der Waals surface area contributed by atoms with E-state index in [2.05, 4.69) is 0 Å². The monoisotopic (exact) mass is 243 g/mol. The Balaban J connectivity index is 2.19. The van der Waals surface area contributed by atoms with E-state index in [-0.39, 0.29) is 0 Å². The van der Waals surface area contributed by atoms with Gasteiger partial charge < -0.3 is 0 Å². The zero-order valence-corrected chi connectivity index (χ0v) is 9.80. The molecule has 4 heteroatoms. The van der Waals surface area contributed by atoms with E-state index < -0.39 is 12.2 Å². The number of rotatable bonds is 1. The maximum absolute atomic E-state index is 12.7. The van der Waals surface area contributed by atoms with E-state index in [0.29, 0.717) is 13.1 Å². The van der Waals surface area contributed by atoms with E-state index in [9.17, 15) is 13.2 Å². The number of halogens is 3. The highest BCUT2D eigenvalue weighted by molar-refractivity contribution is 5.28. The summed E-state index contributed by atoms with van der Waals surface area (Å²) in [6.45, 7) is 2.15. The number of aryl methyl sites for hydroxylation is 1. The Morgan fingerprint density at radius 1 is 1.18 bits per heavy atom. The molecule has 1 aliphatic heterocycles. The molecule has 0 spiro atoms. The van der Waals surface area contributed by atoms with Gasteiger partial charge in [0.05, 0.1) is 0 Å². The zero-order valence-electron chi connectivity index (χ0n) is 9.80. The Morgan fingerprint density at radius 3 is 2.47 bits per heavy atom. The first-order valence-electron chi connectivity index (χ1n) is 5.86. The van der Waals surface area contributed by atoms with Gasteiger partial charge in [0.15, 0.2) is 0 Å². The average molecular weight is 243 g/mol. The standard InChI is InChI=1S/C13H16F3N/c1-10(13(14,15)16)17-8-4-7-11-5-2-3-6-12(11)9-17/h2-3,5-6,10H,4,7-9H2,1H3. The number of hydrogen-bond donors (Lipinski definition) is 0. The highest BCUT2D eigenvalue weighted by Crippen LogP contribution is 2.28. The Morgan fingerprint density at radius 2 is 1.82 bits per heavy atom. The topological polar surface area (TPSA) is 3.24 Å². The van der Waals surface area contributed by atoms with Crippen LogP contribution >= 0.6 is 0 Å². The van der Waals surface area contributed by atoms with E-state index in [1.165, 1.54) is 17.4 Å². The third kappa shape index (κ3) is 2.80. The minimum Gasteiger partial charge on any atom is -0.288 e. The predicted molar refractivity (Wildman–Crippen MR) is 60.7 cm³/mol. The molecule has 0 amide bonds. The van der Waals surface area contributed by atoms with Gasteiger partial charge in [0, 0.05) is 6.54 Å². The van der Waals surface area contributed by atoms with Crippen LogP contribution in [0.25, 0.3) is 0 Å². The molecule has 0 N–H and O–H groups in total. The lowest BCUT2D eigenvalue weighted by molar-refractivity contribution is -0.180. The van der Waals surface area contributed by atoms with Crippen molar-refractivity contribution in [3.05, 3.63) is 35.4 Å². The minimum atomic E-state index is -4.14. The Kier molecular flexibility index (Phi) is 3.43. The molecule has 0 saturated carbocycles. The highest BCUT2D eigenvalue weighted by atomic mass is 19.4. The van der Waals surface area contributed by atoms with Gasteiger partial charge in [-0.25, -0.2) is 0 Å². The quantitative estimate of drug-likeness (QED) is 0.730. The fraction of sp³-hybridized carbons (Fsp3) is 0.538. The van der Waals surface area contributed by atoms with Crippen LogP contribution in [-0.2, 0) is 13.0 Å². The van der Waals surface area contributed by atoms with Crippen molar-refractivity contribution in [3.8, 4) is 0 Å². The molecule has 1 atom stereocenters. The first-order valence-corrected chi connectivity index (χ1v) is 5.86. The van der Waals surface area contributed by atoms with Crippen LogP contribution < -0.4 is 0 Å². The van der Waals surface area contributed by atoms with Gasteiger partial charge in [-0.05, 0) is 37.4 Å². The van der Waals surface area contributed by atoms with Crippen LogP contribution in [-0.4, -0.2) is 23.7 Å². The Bertz CT molecular complexity index is 386. The molecule has 1 unspecified atom stereocenters. The van der Waals surface area contributed by atoms with Crippen molar-refractivity contribution in [3.63, 3.8) is 0 Å². The smallest absolute Gasteiger partial charge is 0.288 e. The van der Waals surface area contributed by atoms with Crippen LogP contribution in [0.1, 0.15) is 24.5 Å². The SMILES string of the molecule is CC(N1CCCc2ccccc2C1)C(F)(F)F. The Hall–Kier alpha value is -1.03. The van der Waals surface area contributed by atoms with E-state index in [0.717, 1.165) is 18.4 Å². The van der Waals surface area contributed by atoms with Gasteiger partial charge in [0.2, 0.25) is 0 Å². The molecule has 1 aromatic rings. The molecular weight excluding hydrogens is 227 g/mol. The summed E-state index contributed by atoms with van der Waals surface area (Å²) in [5.41, 5.74) is 2.21. The van der Waals surface area contributed by atoms with Gasteiger partial charge in [0.25, 0.3) is 0 Å². The molecule has 2 rings (SSSR count). The molecule has 0 bridgehead atoms. The lowest BCUT2D eigenvalue weighted by atomic mass is 10.0. The summed E-state index contributed by atoms with van der Waals surface area (Å²) in [5.74, 6) is 0. The van der Waals surface area contributed by atoms with Gasteiger partial charge in [-0.1, -0.05) is 24.3 Å². The van der Waals surface area contributed by atoms with E-state index in [4.69, 9.17) is 0 Å². The Labute approximate surface area is 99.2 Å². The molecular formula is C13H16F3N. The first kappa shape index (κ1) is 12.4. The van der Waals surface area contributed by atoms with Crippen molar-refractivity contribution in [1.82, 2.24) is 4.90 Å². The van der Waals surface area contributed by atoms with E-state index in [1.54, 1.807) is 0 Å². The molecule has 94 valence electrons. The summed E-state index contributed by atoms with van der Waals surface area (Å²) in [7, 11) is 0. The molecule has 17 heavy (non-hydrogen) atoms. The normalized spacial score (nSPS) is 19.5. The zero-order chi connectivity index (χ0) is 12.5. The predicted octanol–water partition coefficient (Wildman–Crippen LogP) is 3.39. The molecule has 1 aromatic carbocycles. The molecule has 1 aliphatic rings. The second kappa shape index (κ2) is 4.69. The molecule has 1 heterocycles. The average Bonchev–Trinajstić information content (AvgIpc) is 2.48. The van der Waals surface area contributed by atoms with Crippen molar-refractivity contribution in [2.45, 2.75) is 38.5 Å². The third-order valence-electron chi connectivity index (χ3n) is 3.40. The molecule has 0 radical (unpaired) electrons. The summed E-state index contributed by atoms with van der Waals surface area (Å²) >= 11 is 0. The van der Waals surface area contributed by atoms with Crippen molar-refractivity contribution in [2.75, 3.05) is 6.54 Å². The van der Waals surface area contributed by atoms with Crippen LogP contribution in [0.3, 0.4) is 0 Å². The number of fused-ring (bicyclic) bond motifs is 1. The van der Waals surface area contributed by atoms with Crippen molar-refractivity contribution < 1.29 is 13.2 Å². The molecule has 0 fully saturated rings. The largest absolute Gasteiger partial charge is 0.403 e. The summed E-state index contributed by atoms with van der Waals surface area (Å²) in [4.78, 5) is 1.52. The van der Waals surface area contributed by atoms with Crippen molar-refractivity contribution in [2.24, 2.45) is 0 Å². The van der Waals surface area contributed by atoms with Crippen LogP contribution in [0.4, 0.5) is 13.2 Å². The van der Waals surface area contributed by atoms with Gasteiger partial charge in [-0.2, -0.15) is 13.2 Å². The van der Waals surface area contributed by atoms with Gasteiger partial charge in [-0.15, -0.1) is 0 Å². The first-order chi connectivity index (χ1) is 7.98. The lowest BCUT2D eigenvalue weighted by Crippen LogP contribution is -2.43. The number of alkyl halides is 3. The number of nitrogens with zero attached hydrogens (tertiary/aromatic N) is 1. The lowest BCUT2D eigenvalue weighted by Gasteiger charge is -2.29. The van der Waals surface area contributed by atoms with Crippen molar-refractivity contribution in [1.29, 1.82) is 0 Å². The van der Waals surface area contributed by atoms with Crippen LogP contribution in [0.2, 0.25) is 0 Å². The summed E-state index contributed by atoms with van der Waals surface area (Å²) < 4.78 is 38.1. The molecule has 0 aromatic heterocycles. The molecule has 0 aliphatic carbocycles. The summed E-state index contributed by atoms with van der Waals surface area (Å²) in [6.07, 6.45) is -2.48. The second-order valence-electron chi connectivity index (χ2n) is 4.56.